The Labute approximate surface area is 156 Å². The summed E-state index contributed by atoms with van der Waals surface area (Å²) in [5, 5.41) is 1.39. The highest BCUT2D eigenvalue weighted by Gasteiger charge is 2.11. The van der Waals surface area contributed by atoms with Crippen molar-refractivity contribution in [1.82, 2.24) is 15.0 Å². The summed E-state index contributed by atoms with van der Waals surface area (Å²) in [6.07, 6.45) is 5.63. The minimum atomic E-state index is -0.212. The quantitative estimate of drug-likeness (QED) is 0.386. The van der Waals surface area contributed by atoms with Gasteiger partial charge >= 0.3 is 0 Å². The van der Waals surface area contributed by atoms with Gasteiger partial charge in [-0.3, -0.25) is 4.79 Å². The fraction of sp³-hybridized carbons (Fsp3) is 0.316. The highest BCUT2D eigenvalue weighted by Crippen LogP contribution is 2.29. The fourth-order valence-corrected chi connectivity index (χ4v) is 2.89. The van der Waals surface area contributed by atoms with Gasteiger partial charge in [0.05, 0.1) is 13.7 Å². The smallest absolute Gasteiger partial charge is 0.257 e. The number of pyridine rings is 1. The molecule has 0 saturated carbocycles. The molecule has 2 aromatic heterocycles. The van der Waals surface area contributed by atoms with Crippen molar-refractivity contribution < 1.29 is 9.47 Å². The van der Waals surface area contributed by atoms with Gasteiger partial charge < -0.3 is 14.5 Å². The average molecular weight is 371 g/mol. The summed E-state index contributed by atoms with van der Waals surface area (Å²) in [4.78, 5) is 24.0. The molecule has 26 heavy (non-hydrogen) atoms. The molecule has 1 aromatic carbocycles. The van der Waals surface area contributed by atoms with Crippen LogP contribution in [0.5, 0.6) is 11.5 Å². The number of rotatable bonds is 7. The Morgan fingerprint density at radius 3 is 2.73 bits per heavy atom. The largest absolute Gasteiger partial charge is 0.497 e. The zero-order valence-corrected chi connectivity index (χ0v) is 15.9. The van der Waals surface area contributed by atoms with Gasteiger partial charge in [-0.25, -0.2) is 9.97 Å². The van der Waals surface area contributed by atoms with Crippen molar-refractivity contribution in [3.63, 3.8) is 0 Å². The lowest BCUT2D eigenvalue weighted by Gasteiger charge is -2.11. The van der Waals surface area contributed by atoms with Gasteiger partial charge in [0.25, 0.3) is 5.56 Å². The van der Waals surface area contributed by atoms with Crippen molar-refractivity contribution in [3.05, 3.63) is 40.8 Å². The molecule has 0 aliphatic carbocycles. The Hall–Kier alpha value is -2.54. The maximum absolute atomic E-state index is 12.6. The first kappa shape index (κ1) is 18.3. The molecule has 0 amide bonds. The molecule has 0 spiro atoms. The summed E-state index contributed by atoms with van der Waals surface area (Å²) < 4.78 is 11.2. The van der Waals surface area contributed by atoms with Crippen molar-refractivity contribution in [2.24, 2.45) is 0 Å². The molecule has 0 unspecified atom stereocenters. The van der Waals surface area contributed by atoms with Crippen LogP contribution >= 0.6 is 11.8 Å². The maximum atomic E-state index is 12.6. The van der Waals surface area contributed by atoms with Gasteiger partial charge in [0.15, 0.2) is 5.16 Å². The van der Waals surface area contributed by atoms with E-state index in [1.807, 2.05) is 24.5 Å². The lowest BCUT2D eigenvalue weighted by atomic mass is 10.1. The number of ether oxygens (including phenoxy) is 2. The van der Waals surface area contributed by atoms with Crippen molar-refractivity contribution in [2.75, 3.05) is 20.0 Å². The van der Waals surface area contributed by atoms with Crippen LogP contribution in [-0.4, -0.2) is 34.9 Å². The lowest BCUT2D eigenvalue weighted by molar-refractivity contribution is 0.307. The van der Waals surface area contributed by atoms with E-state index in [-0.39, 0.29) is 5.56 Å². The minimum absolute atomic E-state index is 0.212. The summed E-state index contributed by atoms with van der Waals surface area (Å²) >= 11 is 1.43. The molecule has 0 radical (unpaired) electrons. The first-order valence-electron chi connectivity index (χ1n) is 8.41. The number of nitrogens with one attached hydrogen (secondary N) is 1. The van der Waals surface area contributed by atoms with E-state index in [0.717, 1.165) is 23.8 Å². The zero-order valence-electron chi connectivity index (χ0n) is 15.0. The van der Waals surface area contributed by atoms with Crippen molar-refractivity contribution in [3.8, 4) is 22.6 Å². The van der Waals surface area contributed by atoms with E-state index in [2.05, 4.69) is 21.9 Å². The first-order valence-corrected chi connectivity index (χ1v) is 9.63. The van der Waals surface area contributed by atoms with Gasteiger partial charge in [0.2, 0.25) is 0 Å². The Morgan fingerprint density at radius 2 is 2.00 bits per heavy atom. The molecule has 0 bridgehead atoms. The predicted octanol–water partition coefficient (Wildman–Crippen LogP) is 3.89. The summed E-state index contributed by atoms with van der Waals surface area (Å²) in [5.41, 5.74) is 1.57. The second-order valence-corrected chi connectivity index (χ2v) is 6.55. The van der Waals surface area contributed by atoms with E-state index in [4.69, 9.17) is 9.47 Å². The molecule has 136 valence electrons. The molecule has 3 rings (SSSR count). The third kappa shape index (κ3) is 3.99. The molecule has 0 saturated heterocycles. The third-order valence-corrected chi connectivity index (χ3v) is 4.51. The van der Waals surface area contributed by atoms with Gasteiger partial charge in [0, 0.05) is 23.2 Å². The lowest BCUT2D eigenvalue weighted by Crippen LogP contribution is -2.10. The maximum Gasteiger partial charge on any atom is 0.257 e. The number of unbranched alkanes of at least 4 members (excludes halogenated alkanes) is 1. The Balaban J connectivity index is 2.05. The summed E-state index contributed by atoms with van der Waals surface area (Å²) in [6.45, 7) is 2.74. The zero-order chi connectivity index (χ0) is 18.5. The molecule has 3 aromatic rings. The van der Waals surface area contributed by atoms with E-state index in [1.165, 1.54) is 11.8 Å². The van der Waals surface area contributed by atoms with Crippen LogP contribution in [0.4, 0.5) is 0 Å². The van der Waals surface area contributed by atoms with Crippen LogP contribution in [0.2, 0.25) is 0 Å². The Kier molecular flexibility index (Phi) is 5.78. The number of nitrogens with zero attached hydrogens (tertiary/aromatic N) is 2. The van der Waals surface area contributed by atoms with Crippen LogP contribution in [0, 0.1) is 0 Å². The van der Waals surface area contributed by atoms with Crippen LogP contribution in [-0.2, 0) is 0 Å². The van der Waals surface area contributed by atoms with Gasteiger partial charge in [-0.1, -0.05) is 25.1 Å². The van der Waals surface area contributed by atoms with E-state index in [0.29, 0.717) is 34.5 Å². The molecule has 0 aliphatic heterocycles. The van der Waals surface area contributed by atoms with Gasteiger partial charge in [-0.15, -0.1) is 0 Å². The van der Waals surface area contributed by atoms with Crippen LogP contribution in [0.25, 0.3) is 22.2 Å². The number of benzene rings is 1. The molecule has 0 atom stereocenters. The standard InChI is InChI=1S/C19H21N3O3S/c1-4-5-6-25-15-8-12(7-14(10-15)24-2)16-9-13-11-20-19(26-3)22-17(13)21-18(16)23/h7-11H,4-6H2,1-3H3,(H,20,21,22,23). The number of fused-ring (bicyclic) bond motifs is 1. The molecular weight excluding hydrogens is 350 g/mol. The van der Waals surface area contributed by atoms with Crippen LogP contribution in [0.3, 0.4) is 0 Å². The number of H-pyrrole nitrogens is 1. The van der Waals surface area contributed by atoms with Gasteiger partial charge in [0.1, 0.15) is 17.1 Å². The van der Waals surface area contributed by atoms with E-state index >= 15 is 0 Å². The van der Waals surface area contributed by atoms with Gasteiger partial charge in [-0.2, -0.15) is 0 Å². The van der Waals surface area contributed by atoms with E-state index in [9.17, 15) is 4.79 Å². The summed E-state index contributed by atoms with van der Waals surface area (Å²) in [5.74, 6) is 1.32. The first-order chi connectivity index (χ1) is 12.6. The van der Waals surface area contributed by atoms with Crippen LogP contribution < -0.4 is 15.0 Å². The monoisotopic (exact) mass is 371 g/mol. The third-order valence-electron chi connectivity index (χ3n) is 3.95. The van der Waals surface area contributed by atoms with E-state index in [1.54, 1.807) is 19.4 Å². The molecule has 1 N–H and O–H groups in total. The minimum Gasteiger partial charge on any atom is -0.497 e. The molecule has 7 heteroatoms. The van der Waals surface area contributed by atoms with Crippen LogP contribution in [0.15, 0.2) is 40.4 Å². The summed E-state index contributed by atoms with van der Waals surface area (Å²) in [7, 11) is 1.59. The molecule has 6 nitrogen and oxygen atoms in total. The normalized spacial score (nSPS) is 10.9. The number of thioether (sulfide) groups is 1. The average Bonchev–Trinajstić information content (AvgIpc) is 2.66. The second-order valence-electron chi connectivity index (χ2n) is 5.77. The Bertz CT molecular complexity index is 972. The van der Waals surface area contributed by atoms with Crippen molar-refractivity contribution in [2.45, 2.75) is 24.9 Å². The van der Waals surface area contributed by atoms with Crippen LogP contribution in [0.1, 0.15) is 19.8 Å². The molecule has 0 aliphatic rings. The topological polar surface area (TPSA) is 77.1 Å². The number of aromatic nitrogens is 3. The van der Waals surface area contributed by atoms with Gasteiger partial charge in [-0.05, 0) is 36.4 Å². The fourth-order valence-electron chi connectivity index (χ4n) is 2.55. The number of methoxy groups -OCH3 is 1. The summed E-state index contributed by atoms with van der Waals surface area (Å²) in [6, 6.07) is 7.29. The number of aromatic amines is 1. The number of hydrogen-bond donors (Lipinski definition) is 1. The predicted molar refractivity (Wildman–Crippen MR) is 104 cm³/mol. The highest BCUT2D eigenvalue weighted by molar-refractivity contribution is 7.98. The highest BCUT2D eigenvalue weighted by atomic mass is 32.2. The van der Waals surface area contributed by atoms with Crippen molar-refractivity contribution in [1.29, 1.82) is 0 Å². The van der Waals surface area contributed by atoms with Crippen molar-refractivity contribution >= 4 is 22.8 Å². The molecule has 2 heterocycles. The Morgan fingerprint density at radius 1 is 1.19 bits per heavy atom. The molecular formula is C19H21N3O3S. The number of hydrogen-bond acceptors (Lipinski definition) is 6. The SMILES string of the molecule is CCCCOc1cc(OC)cc(-c2cc3cnc(SC)nc3[nH]c2=O)c1. The van der Waals surface area contributed by atoms with E-state index < -0.39 is 0 Å². The second kappa shape index (κ2) is 8.23. The molecule has 0 fully saturated rings.